The highest BCUT2D eigenvalue weighted by Gasteiger charge is 2.39. The molecule has 8 heteroatoms. The van der Waals surface area contributed by atoms with Gasteiger partial charge in [-0.25, -0.2) is 8.42 Å². The van der Waals surface area contributed by atoms with Crippen molar-refractivity contribution in [2.24, 2.45) is 0 Å². The number of rotatable bonds is 5. The predicted octanol–water partition coefficient (Wildman–Crippen LogP) is 5.65. The normalized spacial score (nSPS) is 20.1. The zero-order valence-corrected chi connectivity index (χ0v) is 20.3. The zero-order valence-electron chi connectivity index (χ0n) is 17.1. The summed E-state index contributed by atoms with van der Waals surface area (Å²) in [7, 11) is -3.47. The van der Waals surface area contributed by atoms with E-state index in [-0.39, 0.29) is 33.3 Å². The summed E-state index contributed by atoms with van der Waals surface area (Å²) in [5.74, 6) is -0.603. The fourth-order valence-corrected chi connectivity index (χ4v) is 8.53. The second-order valence-electron chi connectivity index (χ2n) is 7.64. The third kappa shape index (κ3) is 4.13. The van der Waals surface area contributed by atoms with Crippen molar-refractivity contribution < 1.29 is 18.0 Å². The van der Waals surface area contributed by atoms with Crippen LogP contribution in [0.25, 0.3) is 0 Å². The zero-order chi connectivity index (χ0) is 22.3. The Labute approximate surface area is 195 Å². The van der Waals surface area contributed by atoms with Crippen LogP contribution in [0.4, 0.5) is 0 Å². The van der Waals surface area contributed by atoms with Gasteiger partial charge in [0.15, 0.2) is 21.4 Å². The number of sulfone groups is 1. The van der Waals surface area contributed by atoms with Crippen molar-refractivity contribution in [3.8, 4) is 0 Å². The van der Waals surface area contributed by atoms with E-state index >= 15 is 0 Å². The lowest BCUT2D eigenvalue weighted by molar-refractivity contribution is -0.115. The molecule has 0 bridgehead atoms. The highest BCUT2D eigenvalue weighted by atomic mass is 35.5. The molecule has 1 atom stereocenters. The molecule has 31 heavy (non-hydrogen) atoms. The van der Waals surface area contributed by atoms with Crippen LogP contribution in [0.5, 0.6) is 0 Å². The van der Waals surface area contributed by atoms with Gasteiger partial charge in [0.25, 0.3) is 0 Å². The molecule has 0 fully saturated rings. The minimum absolute atomic E-state index is 0.146. The van der Waals surface area contributed by atoms with Gasteiger partial charge in [-0.15, -0.1) is 11.8 Å². The van der Waals surface area contributed by atoms with Crippen LogP contribution in [0, 0.1) is 6.92 Å². The van der Waals surface area contributed by atoms with Crippen molar-refractivity contribution in [3.05, 3.63) is 68.6 Å². The van der Waals surface area contributed by atoms with Crippen LogP contribution in [0.2, 0.25) is 5.02 Å². The third-order valence-corrected chi connectivity index (χ3v) is 11.1. The van der Waals surface area contributed by atoms with E-state index in [9.17, 15) is 18.0 Å². The first-order valence-corrected chi connectivity index (χ1v) is 13.9. The number of aryl methyl sites for hydroxylation is 1. The van der Waals surface area contributed by atoms with Crippen LogP contribution in [-0.4, -0.2) is 30.8 Å². The van der Waals surface area contributed by atoms with Gasteiger partial charge in [0.2, 0.25) is 0 Å². The van der Waals surface area contributed by atoms with Crippen LogP contribution in [-0.2, 0) is 21.1 Å². The average molecular weight is 493 g/mol. The summed E-state index contributed by atoms with van der Waals surface area (Å²) >= 11 is 9.25. The summed E-state index contributed by atoms with van der Waals surface area (Å²) in [5.41, 5.74) is 1.99. The van der Waals surface area contributed by atoms with Gasteiger partial charge in [-0.1, -0.05) is 41.1 Å². The Morgan fingerprint density at radius 2 is 1.81 bits per heavy atom. The molecule has 2 aliphatic rings. The van der Waals surface area contributed by atoms with Gasteiger partial charge in [0.1, 0.15) is 4.58 Å². The summed E-state index contributed by atoms with van der Waals surface area (Å²) < 4.78 is 24.7. The molecule has 1 aliphatic carbocycles. The fourth-order valence-electron chi connectivity index (χ4n) is 3.92. The van der Waals surface area contributed by atoms with E-state index in [0.717, 1.165) is 15.4 Å². The van der Waals surface area contributed by atoms with Crippen molar-refractivity contribution in [3.63, 3.8) is 0 Å². The van der Waals surface area contributed by atoms with Gasteiger partial charge in [-0.2, -0.15) is 0 Å². The number of halogens is 1. The lowest BCUT2D eigenvalue weighted by Crippen LogP contribution is -2.19. The smallest absolute Gasteiger partial charge is 0.198 e. The van der Waals surface area contributed by atoms with E-state index < -0.39 is 20.2 Å². The first-order valence-electron chi connectivity index (χ1n) is 9.87. The molecular formula is C23H21ClO4S3. The summed E-state index contributed by atoms with van der Waals surface area (Å²) in [5, 5.41) is 0.146. The molecule has 0 radical (unpaired) electrons. The largest absolute Gasteiger partial charge is 0.294 e. The maximum atomic E-state index is 13.5. The van der Waals surface area contributed by atoms with E-state index in [4.69, 9.17) is 11.6 Å². The van der Waals surface area contributed by atoms with Gasteiger partial charge in [-0.05, 0) is 55.9 Å². The van der Waals surface area contributed by atoms with Crippen molar-refractivity contribution in [1.29, 1.82) is 0 Å². The standard InChI is InChI=1S/C23H21ClO4S3/c1-13-6-8-14(9-7-13)30-18-5-3-4-17(25)21(18)23(26)15-10-11-19-16(22(15)24)12-20(29-2)31(19,27)28/h6-11,20H,3-5,12H2,1-2H3. The molecule has 2 aromatic carbocycles. The van der Waals surface area contributed by atoms with Crippen LogP contribution >= 0.6 is 35.1 Å². The Hall–Kier alpha value is -1.54. The number of allylic oxidation sites excluding steroid dienone is 2. The summed E-state index contributed by atoms with van der Waals surface area (Å²) in [4.78, 5) is 28.1. The molecule has 2 aromatic rings. The number of fused-ring (bicyclic) bond motifs is 1. The highest BCUT2D eigenvalue weighted by Crippen LogP contribution is 2.43. The van der Waals surface area contributed by atoms with Gasteiger partial charge in [0.05, 0.1) is 15.5 Å². The average Bonchev–Trinajstić information content (AvgIpc) is 3.00. The maximum Gasteiger partial charge on any atom is 0.198 e. The molecule has 162 valence electrons. The molecule has 0 amide bonds. The Morgan fingerprint density at radius 1 is 1.10 bits per heavy atom. The van der Waals surface area contributed by atoms with Crippen molar-refractivity contribution in [1.82, 2.24) is 0 Å². The van der Waals surface area contributed by atoms with E-state index in [1.54, 1.807) is 6.26 Å². The number of hydrogen-bond donors (Lipinski definition) is 0. The van der Waals surface area contributed by atoms with Crippen LogP contribution in [0.1, 0.15) is 40.7 Å². The van der Waals surface area contributed by atoms with E-state index in [1.807, 2.05) is 31.2 Å². The van der Waals surface area contributed by atoms with E-state index in [2.05, 4.69) is 0 Å². The molecule has 0 saturated carbocycles. The monoisotopic (exact) mass is 492 g/mol. The Balaban J connectivity index is 1.76. The van der Waals surface area contributed by atoms with Crippen molar-refractivity contribution in [2.75, 3.05) is 6.26 Å². The molecule has 1 heterocycles. The molecule has 0 aromatic heterocycles. The van der Waals surface area contributed by atoms with E-state index in [0.29, 0.717) is 24.8 Å². The molecule has 0 spiro atoms. The van der Waals surface area contributed by atoms with Crippen LogP contribution in [0.15, 0.2) is 56.7 Å². The van der Waals surface area contributed by atoms with Gasteiger partial charge >= 0.3 is 0 Å². The number of carbonyl (C=O) groups is 2. The molecule has 1 aliphatic heterocycles. The third-order valence-electron chi connectivity index (χ3n) is 5.59. The Bertz CT molecular complexity index is 1210. The SMILES string of the molecule is CSC1Cc2c(ccc(C(=O)C3=C(Sc4ccc(C)cc4)CCCC3=O)c2Cl)S1(=O)=O. The molecule has 0 N–H and O–H groups in total. The van der Waals surface area contributed by atoms with Crippen LogP contribution < -0.4 is 0 Å². The summed E-state index contributed by atoms with van der Waals surface area (Å²) in [6, 6.07) is 10.9. The highest BCUT2D eigenvalue weighted by molar-refractivity contribution is 8.13. The van der Waals surface area contributed by atoms with Crippen molar-refractivity contribution >= 4 is 56.5 Å². The number of carbonyl (C=O) groups excluding carboxylic acids is 2. The number of benzene rings is 2. The number of ketones is 2. The Morgan fingerprint density at radius 3 is 2.48 bits per heavy atom. The fraction of sp³-hybridized carbons (Fsp3) is 0.304. The maximum absolute atomic E-state index is 13.5. The predicted molar refractivity (Wildman–Crippen MR) is 127 cm³/mol. The number of hydrogen-bond acceptors (Lipinski definition) is 6. The first kappa shape index (κ1) is 22.6. The topological polar surface area (TPSA) is 68.3 Å². The molecule has 0 saturated heterocycles. The van der Waals surface area contributed by atoms with E-state index in [1.165, 1.54) is 35.7 Å². The van der Waals surface area contributed by atoms with Gasteiger partial charge in [0, 0.05) is 28.2 Å². The molecule has 4 rings (SSSR count). The second-order valence-corrected chi connectivity index (χ2v) is 12.6. The van der Waals surface area contributed by atoms with Crippen LogP contribution in [0.3, 0.4) is 0 Å². The second kappa shape index (κ2) is 8.77. The lowest BCUT2D eigenvalue weighted by Gasteiger charge is -2.19. The Kier molecular flexibility index (Phi) is 6.41. The first-order chi connectivity index (χ1) is 14.7. The minimum Gasteiger partial charge on any atom is -0.294 e. The van der Waals surface area contributed by atoms with Crippen molar-refractivity contribution in [2.45, 2.75) is 47.0 Å². The molecule has 1 unspecified atom stereocenters. The minimum atomic E-state index is -3.47. The number of Topliss-reactive ketones (excluding diaryl/α,β-unsaturated/α-hetero) is 2. The summed E-state index contributed by atoms with van der Waals surface area (Å²) in [6.07, 6.45) is 3.68. The van der Waals surface area contributed by atoms with Gasteiger partial charge in [-0.3, -0.25) is 9.59 Å². The molecular weight excluding hydrogens is 472 g/mol. The summed E-state index contributed by atoms with van der Waals surface area (Å²) in [6.45, 7) is 2.00. The number of thioether (sulfide) groups is 2. The quantitative estimate of drug-likeness (QED) is 0.397. The van der Waals surface area contributed by atoms with Gasteiger partial charge < -0.3 is 0 Å². The molecule has 4 nitrogen and oxygen atoms in total. The lowest BCUT2D eigenvalue weighted by atomic mass is 9.91.